The summed E-state index contributed by atoms with van der Waals surface area (Å²) in [5.74, 6) is -2.02. The summed E-state index contributed by atoms with van der Waals surface area (Å²) in [6.07, 6.45) is 2.87. The molecular weight excluding hydrogens is 352 g/mol. The third-order valence-corrected chi connectivity index (χ3v) is 6.78. The predicted octanol–water partition coefficient (Wildman–Crippen LogP) is 2.08. The number of carbonyl (C=O) groups is 4. The molecule has 1 aliphatic heterocycles. The van der Waals surface area contributed by atoms with Crippen molar-refractivity contribution in [2.45, 2.75) is 65.1 Å². The van der Waals surface area contributed by atoms with E-state index in [0.717, 1.165) is 26.2 Å². The minimum atomic E-state index is -0.987. The molecule has 0 aromatic heterocycles. The van der Waals surface area contributed by atoms with Crippen molar-refractivity contribution in [2.75, 3.05) is 0 Å². The topological polar surface area (TPSA) is 96.0 Å². The first kappa shape index (κ1) is 18.2. The molecule has 0 aromatic rings. The normalized spacial score (nSPS) is 39.4. The number of hydrogen-bond donors (Lipinski definition) is 0. The minimum Gasteiger partial charge on any atom is -0.455 e. The second kappa shape index (κ2) is 6.17. The highest BCUT2D eigenvalue weighted by Crippen LogP contribution is 2.61. The van der Waals surface area contributed by atoms with Crippen LogP contribution in [0.15, 0.2) is 11.3 Å². The van der Waals surface area contributed by atoms with Crippen LogP contribution in [-0.2, 0) is 33.4 Å². The molecule has 4 bridgehead atoms. The van der Waals surface area contributed by atoms with E-state index in [4.69, 9.17) is 14.2 Å². The van der Waals surface area contributed by atoms with Crippen LogP contribution in [0.25, 0.3) is 0 Å². The number of Topliss-reactive ketones (excluding diaryl/α,β-unsaturated/α-hetero) is 1. The van der Waals surface area contributed by atoms with Crippen molar-refractivity contribution in [3.05, 3.63) is 11.3 Å². The van der Waals surface area contributed by atoms with Crippen LogP contribution in [-0.4, -0.2) is 35.9 Å². The van der Waals surface area contributed by atoms with Gasteiger partial charge in [0.2, 0.25) is 11.5 Å². The van der Waals surface area contributed by atoms with Gasteiger partial charge in [0.1, 0.15) is 17.6 Å². The van der Waals surface area contributed by atoms with E-state index >= 15 is 0 Å². The first-order valence-electron chi connectivity index (χ1n) is 9.57. The minimum absolute atomic E-state index is 0.0524. The highest BCUT2D eigenvalue weighted by molar-refractivity contribution is 6.32. The number of ether oxygens (including phenoxy) is 3. The van der Waals surface area contributed by atoms with Crippen molar-refractivity contribution in [1.82, 2.24) is 0 Å². The van der Waals surface area contributed by atoms with Gasteiger partial charge in [0.15, 0.2) is 0 Å². The molecule has 7 nitrogen and oxygen atoms in total. The number of rotatable bonds is 4. The smallest absolute Gasteiger partial charge is 0.375 e. The second-order valence-corrected chi connectivity index (χ2v) is 8.59. The monoisotopic (exact) mass is 376 g/mol. The summed E-state index contributed by atoms with van der Waals surface area (Å²) in [5, 5.41) is 0. The maximum atomic E-state index is 13.3. The van der Waals surface area contributed by atoms with E-state index in [9.17, 15) is 19.2 Å². The maximum Gasteiger partial charge on any atom is 0.375 e. The van der Waals surface area contributed by atoms with Crippen LogP contribution in [0.1, 0.15) is 52.9 Å². The molecule has 4 fully saturated rings. The van der Waals surface area contributed by atoms with Crippen molar-refractivity contribution in [1.29, 1.82) is 0 Å². The number of hydrogen-bond acceptors (Lipinski definition) is 7. The van der Waals surface area contributed by atoms with Gasteiger partial charge in [-0.15, -0.1) is 0 Å². The van der Waals surface area contributed by atoms with Crippen molar-refractivity contribution < 1.29 is 33.4 Å². The van der Waals surface area contributed by atoms with Gasteiger partial charge in [-0.05, 0) is 63.7 Å². The lowest BCUT2D eigenvalue weighted by Gasteiger charge is -2.58. The Morgan fingerprint density at radius 1 is 1.11 bits per heavy atom. The molecule has 0 radical (unpaired) electrons. The van der Waals surface area contributed by atoms with Crippen molar-refractivity contribution in [3.8, 4) is 0 Å². The van der Waals surface area contributed by atoms with Crippen LogP contribution in [0.3, 0.4) is 0 Å². The Morgan fingerprint density at radius 3 is 2.26 bits per heavy atom. The Morgan fingerprint density at radius 2 is 1.74 bits per heavy atom. The van der Waals surface area contributed by atoms with Gasteiger partial charge in [-0.1, -0.05) is 0 Å². The van der Waals surface area contributed by atoms with Gasteiger partial charge < -0.3 is 14.2 Å². The quantitative estimate of drug-likeness (QED) is 0.421. The first-order chi connectivity index (χ1) is 12.7. The first-order valence-corrected chi connectivity index (χ1v) is 9.57. The average Bonchev–Trinajstić information content (AvgIpc) is 2.83. The molecule has 4 unspecified atom stereocenters. The highest BCUT2D eigenvalue weighted by atomic mass is 16.6. The molecule has 7 heteroatoms. The molecule has 1 heterocycles. The van der Waals surface area contributed by atoms with Crippen LogP contribution in [0, 0.1) is 23.2 Å². The van der Waals surface area contributed by atoms with Crippen LogP contribution < -0.4 is 0 Å². The average molecular weight is 376 g/mol. The van der Waals surface area contributed by atoms with E-state index < -0.39 is 41.3 Å². The summed E-state index contributed by atoms with van der Waals surface area (Å²) >= 11 is 0. The summed E-state index contributed by atoms with van der Waals surface area (Å²) in [7, 11) is 0. The fourth-order valence-corrected chi connectivity index (χ4v) is 5.65. The fourth-order valence-electron chi connectivity index (χ4n) is 5.65. The number of ketones is 1. The van der Waals surface area contributed by atoms with Gasteiger partial charge >= 0.3 is 17.9 Å². The maximum absolute atomic E-state index is 13.3. The lowest BCUT2D eigenvalue weighted by Crippen LogP contribution is -2.61. The highest BCUT2D eigenvalue weighted by Gasteiger charge is 2.63. The molecule has 0 amide bonds. The van der Waals surface area contributed by atoms with Crippen LogP contribution in [0.5, 0.6) is 0 Å². The lowest BCUT2D eigenvalue weighted by atomic mass is 9.48. The van der Waals surface area contributed by atoms with Crippen molar-refractivity contribution in [2.24, 2.45) is 23.2 Å². The Hall–Kier alpha value is -2.18. The van der Waals surface area contributed by atoms with E-state index in [-0.39, 0.29) is 11.7 Å². The van der Waals surface area contributed by atoms with Crippen molar-refractivity contribution in [3.63, 3.8) is 0 Å². The number of carbonyl (C=O) groups excluding carboxylic acids is 4. The van der Waals surface area contributed by atoms with Gasteiger partial charge in [0, 0.05) is 12.5 Å². The van der Waals surface area contributed by atoms with E-state index in [2.05, 4.69) is 0 Å². The molecule has 0 aromatic carbocycles. The third-order valence-electron chi connectivity index (χ3n) is 6.78. The van der Waals surface area contributed by atoms with E-state index in [1.165, 1.54) is 0 Å². The zero-order chi connectivity index (χ0) is 19.5. The summed E-state index contributed by atoms with van der Waals surface area (Å²) in [6, 6.07) is 0. The van der Waals surface area contributed by atoms with Gasteiger partial charge in [-0.25, -0.2) is 9.59 Å². The molecule has 0 spiro atoms. The van der Waals surface area contributed by atoms with Gasteiger partial charge in [0.25, 0.3) is 0 Å². The molecule has 0 N–H and O–H groups in total. The number of cyclic esters (lactones) is 1. The predicted molar refractivity (Wildman–Crippen MR) is 90.9 cm³/mol. The largest absolute Gasteiger partial charge is 0.455 e. The van der Waals surface area contributed by atoms with Gasteiger partial charge in [0.05, 0.1) is 0 Å². The summed E-state index contributed by atoms with van der Waals surface area (Å²) in [4.78, 5) is 48.7. The second-order valence-electron chi connectivity index (χ2n) is 8.59. The molecule has 0 saturated heterocycles. The van der Waals surface area contributed by atoms with Crippen molar-refractivity contribution >= 4 is 23.7 Å². The Kier molecular flexibility index (Phi) is 4.16. The van der Waals surface area contributed by atoms with E-state index in [1.807, 2.05) is 0 Å². The van der Waals surface area contributed by atoms with Crippen LogP contribution in [0.4, 0.5) is 0 Å². The Balaban J connectivity index is 1.64. The van der Waals surface area contributed by atoms with E-state index in [1.54, 1.807) is 13.8 Å². The SMILES string of the molecule is CC(=O)C(=O)OC1C2CC3CC(C2)CC1(C(=O)OC1=C(C)C(C)OC1=O)C3. The molecule has 4 saturated carbocycles. The third kappa shape index (κ3) is 2.78. The molecule has 5 aliphatic rings. The Labute approximate surface area is 157 Å². The molecule has 5 rings (SSSR count). The lowest BCUT2D eigenvalue weighted by molar-refractivity contribution is -0.208. The summed E-state index contributed by atoms with van der Waals surface area (Å²) in [5.41, 5.74) is -0.408. The Bertz CT molecular complexity index is 750. The zero-order valence-electron chi connectivity index (χ0n) is 15.8. The van der Waals surface area contributed by atoms with Gasteiger partial charge in [-0.2, -0.15) is 0 Å². The zero-order valence-corrected chi connectivity index (χ0v) is 15.8. The van der Waals surface area contributed by atoms with Gasteiger partial charge in [-0.3, -0.25) is 9.59 Å². The summed E-state index contributed by atoms with van der Waals surface area (Å²) < 4.78 is 16.2. The van der Waals surface area contributed by atoms with Crippen LogP contribution >= 0.6 is 0 Å². The fraction of sp³-hybridized carbons (Fsp3) is 0.700. The molecule has 27 heavy (non-hydrogen) atoms. The standard InChI is InChI=1S/C20H24O7/c1-9-11(3)25-18(23)15(9)26-19(24)20-7-12-4-13(8-20)6-14(5-12)16(20)27-17(22)10(2)21/h11-14,16H,4-8H2,1-3H3. The number of esters is 3. The van der Waals surface area contributed by atoms with Crippen LogP contribution in [0.2, 0.25) is 0 Å². The van der Waals surface area contributed by atoms with E-state index in [0.29, 0.717) is 30.3 Å². The summed E-state index contributed by atoms with van der Waals surface area (Å²) in [6.45, 7) is 4.58. The molecule has 4 aliphatic carbocycles. The molecular formula is C20H24O7. The molecule has 146 valence electrons. The molecule has 4 atom stereocenters.